The van der Waals surface area contributed by atoms with Crippen molar-refractivity contribution in [3.8, 4) is 11.3 Å². The van der Waals surface area contributed by atoms with Gasteiger partial charge in [-0.05, 0) is 61.0 Å². The Hall–Kier alpha value is -4.24. The summed E-state index contributed by atoms with van der Waals surface area (Å²) in [5.74, 6) is -0.720. The van der Waals surface area contributed by atoms with Crippen LogP contribution in [0.25, 0.3) is 22.2 Å². The lowest BCUT2D eigenvalue weighted by Crippen LogP contribution is -2.26. The molecule has 4 rings (SSSR count). The Bertz CT molecular complexity index is 1340. The van der Waals surface area contributed by atoms with Crippen LogP contribution < -0.4 is 16.4 Å². The van der Waals surface area contributed by atoms with Crippen LogP contribution in [0.2, 0.25) is 0 Å². The summed E-state index contributed by atoms with van der Waals surface area (Å²) in [6.07, 6.45) is 2.37. The van der Waals surface area contributed by atoms with Crippen LogP contribution in [0.5, 0.6) is 0 Å². The van der Waals surface area contributed by atoms with E-state index in [0.717, 1.165) is 16.5 Å². The highest BCUT2D eigenvalue weighted by Gasteiger charge is 2.14. The molecule has 4 aromatic rings. The van der Waals surface area contributed by atoms with E-state index in [-0.39, 0.29) is 5.56 Å². The van der Waals surface area contributed by atoms with Gasteiger partial charge in [-0.3, -0.25) is 9.78 Å². The molecule has 34 heavy (non-hydrogen) atoms. The number of anilines is 1. The molecule has 8 nitrogen and oxygen atoms in total. The third-order valence-electron chi connectivity index (χ3n) is 5.30. The SMILES string of the molecule is N=Nc1ccc(-c2ccc(C(=O)NCCCN)c(F)c2)nc1NCc1ccc2ncccc2c1. The zero-order valence-corrected chi connectivity index (χ0v) is 18.4. The Kier molecular flexibility index (Phi) is 7.14. The number of aromatic nitrogens is 2. The van der Waals surface area contributed by atoms with Crippen LogP contribution >= 0.6 is 0 Å². The molecule has 0 radical (unpaired) electrons. The van der Waals surface area contributed by atoms with Gasteiger partial charge in [-0.15, -0.1) is 0 Å². The van der Waals surface area contributed by atoms with Crippen LogP contribution in [0.4, 0.5) is 15.9 Å². The van der Waals surface area contributed by atoms with Gasteiger partial charge in [0.15, 0.2) is 5.82 Å². The number of nitrogens with two attached hydrogens (primary N) is 1. The number of halogens is 1. The number of hydrogen-bond acceptors (Lipinski definition) is 7. The number of nitrogens with one attached hydrogen (secondary N) is 3. The first-order valence-corrected chi connectivity index (χ1v) is 10.8. The predicted molar refractivity (Wildman–Crippen MR) is 130 cm³/mol. The summed E-state index contributed by atoms with van der Waals surface area (Å²) >= 11 is 0. The minimum atomic E-state index is -0.641. The lowest BCUT2D eigenvalue weighted by atomic mass is 10.1. The summed E-state index contributed by atoms with van der Waals surface area (Å²) < 4.78 is 14.7. The summed E-state index contributed by atoms with van der Waals surface area (Å²) in [4.78, 5) is 21.0. The third kappa shape index (κ3) is 5.21. The van der Waals surface area contributed by atoms with E-state index in [4.69, 9.17) is 11.3 Å². The number of pyridine rings is 2. The van der Waals surface area contributed by atoms with Crippen molar-refractivity contribution in [1.82, 2.24) is 15.3 Å². The van der Waals surface area contributed by atoms with Crippen LogP contribution in [-0.4, -0.2) is 29.0 Å². The van der Waals surface area contributed by atoms with Gasteiger partial charge in [-0.2, -0.15) is 5.11 Å². The smallest absolute Gasteiger partial charge is 0.254 e. The normalized spacial score (nSPS) is 10.8. The van der Waals surface area contributed by atoms with Crippen molar-refractivity contribution in [3.63, 3.8) is 0 Å². The van der Waals surface area contributed by atoms with E-state index in [1.165, 1.54) is 12.1 Å². The molecule has 172 valence electrons. The van der Waals surface area contributed by atoms with Crippen molar-refractivity contribution >= 4 is 28.3 Å². The van der Waals surface area contributed by atoms with Gasteiger partial charge in [0.25, 0.3) is 5.91 Å². The maximum Gasteiger partial charge on any atom is 0.254 e. The van der Waals surface area contributed by atoms with Crippen LogP contribution in [0, 0.1) is 11.3 Å². The zero-order valence-electron chi connectivity index (χ0n) is 18.4. The predicted octanol–water partition coefficient (Wildman–Crippen LogP) is 4.79. The number of amides is 1. The van der Waals surface area contributed by atoms with E-state index in [1.807, 2.05) is 30.3 Å². The van der Waals surface area contributed by atoms with Crippen molar-refractivity contribution in [1.29, 1.82) is 5.53 Å². The number of carbonyl (C=O) groups excluding carboxylic acids is 1. The second-order valence-electron chi connectivity index (χ2n) is 7.65. The molecule has 0 fully saturated rings. The summed E-state index contributed by atoms with van der Waals surface area (Å²) in [5, 5.41) is 10.4. The second-order valence-corrected chi connectivity index (χ2v) is 7.65. The Labute approximate surface area is 195 Å². The van der Waals surface area contributed by atoms with E-state index in [2.05, 4.69) is 25.7 Å². The molecule has 0 unspecified atom stereocenters. The fourth-order valence-corrected chi connectivity index (χ4v) is 3.51. The van der Waals surface area contributed by atoms with Crippen molar-refractivity contribution < 1.29 is 9.18 Å². The first-order valence-electron chi connectivity index (χ1n) is 10.8. The highest BCUT2D eigenvalue weighted by molar-refractivity contribution is 5.95. The van der Waals surface area contributed by atoms with Gasteiger partial charge in [0.05, 0.1) is 16.8 Å². The molecule has 0 bridgehead atoms. The quantitative estimate of drug-likeness (QED) is 0.212. The average molecular weight is 458 g/mol. The third-order valence-corrected chi connectivity index (χ3v) is 5.30. The molecule has 9 heteroatoms. The summed E-state index contributed by atoms with van der Waals surface area (Å²) in [5.41, 5.74) is 16.1. The molecule has 0 aliphatic rings. The largest absolute Gasteiger partial charge is 0.364 e. The van der Waals surface area contributed by atoms with E-state index < -0.39 is 11.7 Å². The molecule has 5 N–H and O–H groups in total. The van der Waals surface area contributed by atoms with Crippen molar-refractivity contribution in [2.24, 2.45) is 10.8 Å². The van der Waals surface area contributed by atoms with Gasteiger partial charge in [-0.1, -0.05) is 18.2 Å². The Morgan fingerprint density at radius 3 is 2.79 bits per heavy atom. The highest BCUT2D eigenvalue weighted by Crippen LogP contribution is 2.29. The molecule has 2 heterocycles. The second kappa shape index (κ2) is 10.6. The van der Waals surface area contributed by atoms with Crippen molar-refractivity contribution in [2.75, 3.05) is 18.4 Å². The van der Waals surface area contributed by atoms with Gasteiger partial charge < -0.3 is 16.4 Å². The van der Waals surface area contributed by atoms with E-state index >= 15 is 0 Å². The first-order chi connectivity index (χ1) is 16.6. The Morgan fingerprint density at radius 1 is 1.12 bits per heavy atom. The average Bonchev–Trinajstić information content (AvgIpc) is 2.87. The standard InChI is InChI=1S/C25H24FN7O/c26-20-14-18(5-6-19(20)25(34)30-12-2-10-27)22-8-9-23(33-28)24(32-22)31-15-16-4-7-21-17(13-16)3-1-11-29-21/h1,3-9,11,13-14,28H,2,10,12,15,27H2,(H,30,34)(H,31,32). The Balaban J connectivity index is 1.54. The van der Waals surface area contributed by atoms with Gasteiger partial charge >= 0.3 is 0 Å². The molecule has 0 saturated heterocycles. The van der Waals surface area contributed by atoms with Crippen LogP contribution in [-0.2, 0) is 6.54 Å². The monoisotopic (exact) mass is 457 g/mol. The zero-order chi connectivity index (χ0) is 23.9. The summed E-state index contributed by atoms with van der Waals surface area (Å²) in [6.45, 7) is 1.29. The van der Waals surface area contributed by atoms with E-state index in [0.29, 0.717) is 48.8 Å². The summed E-state index contributed by atoms with van der Waals surface area (Å²) in [7, 11) is 0. The minimum absolute atomic E-state index is 0.0392. The number of nitrogens with zero attached hydrogens (tertiary/aromatic N) is 3. The molecule has 1 amide bonds. The molecule has 0 aliphatic heterocycles. The molecule has 0 atom stereocenters. The fourth-order valence-electron chi connectivity index (χ4n) is 3.51. The molecular formula is C25H24FN7O. The lowest BCUT2D eigenvalue weighted by molar-refractivity contribution is 0.0949. The highest BCUT2D eigenvalue weighted by atomic mass is 19.1. The van der Waals surface area contributed by atoms with Crippen LogP contribution in [0.3, 0.4) is 0 Å². The summed E-state index contributed by atoms with van der Waals surface area (Å²) in [6, 6.07) is 17.5. The maximum atomic E-state index is 14.7. The van der Waals surface area contributed by atoms with Crippen molar-refractivity contribution in [2.45, 2.75) is 13.0 Å². The number of fused-ring (bicyclic) bond motifs is 1. The van der Waals surface area contributed by atoms with Crippen molar-refractivity contribution in [3.05, 3.63) is 83.8 Å². The van der Waals surface area contributed by atoms with E-state index in [1.54, 1.807) is 24.4 Å². The molecule has 2 aromatic carbocycles. The molecule has 2 aromatic heterocycles. The van der Waals surface area contributed by atoms with Crippen LogP contribution in [0.1, 0.15) is 22.3 Å². The Morgan fingerprint density at radius 2 is 2.00 bits per heavy atom. The van der Waals surface area contributed by atoms with Gasteiger partial charge in [-0.25, -0.2) is 14.9 Å². The number of benzene rings is 2. The number of rotatable bonds is 9. The molecule has 0 spiro atoms. The topological polar surface area (TPSA) is 129 Å². The van der Waals surface area contributed by atoms with Gasteiger partial charge in [0, 0.05) is 30.2 Å². The van der Waals surface area contributed by atoms with E-state index in [9.17, 15) is 9.18 Å². The lowest BCUT2D eigenvalue weighted by Gasteiger charge is -2.11. The molecular weight excluding hydrogens is 433 g/mol. The van der Waals surface area contributed by atoms with Gasteiger partial charge in [0.1, 0.15) is 11.5 Å². The van der Waals surface area contributed by atoms with Gasteiger partial charge in [0.2, 0.25) is 0 Å². The van der Waals surface area contributed by atoms with Crippen LogP contribution in [0.15, 0.2) is 72.0 Å². The number of hydrogen-bond donors (Lipinski definition) is 4. The maximum absolute atomic E-state index is 14.7. The first kappa shape index (κ1) is 22.9. The molecule has 0 aliphatic carbocycles. The number of carbonyl (C=O) groups is 1. The molecule has 0 saturated carbocycles. The minimum Gasteiger partial charge on any atom is -0.364 e. The fraction of sp³-hybridized carbons (Fsp3) is 0.160.